The van der Waals surface area contributed by atoms with Crippen LogP contribution in [0.4, 0.5) is 0 Å². The third kappa shape index (κ3) is 3.23. The number of carbonyl (C=O) groups is 1. The van der Waals surface area contributed by atoms with Crippen molar-refractivity contribution in [2.75, 3.05) is 0 Å². The molecule has 2 nitrogen and oxygen atoms in total. The minimum atomic E-state index is 0.141. The number of carbonyl (C=O) groups excluding carboxylic acids is 1. The lowest BCUT2D eigenvalue weighted by Gasteiger charge is -2.35. The van der Waals surface area contributed by atoms with Crippen LogP contribution in [-0.2, 0) is 11.2 Å². The molecule has 1 aliphatic rings. The SMILES string of the molecule is CCC(C)CC1(CC)CC(=O)NC1Cc1ccccc1. The van der Waals surface area contributed by atoms with Gasteiger partial charge in [0, 0.05) is 12.5 Å². The molecule has 1 heterocycles. The molecule has 0 radical (unpaired) electrons. The van der Waals surface area contributed by atoms with Crippen LogP contribution >= 0.6 is 0 Å². The van der Waals surface area contributed by atoms with Crippen molar-refractivity contribution in [2.24, 2.45) is 11.3 Å². The number of hydrogen-bond donors (Lipinski definition) is 1. The van der Waals surface area contributed by atoms with Crippen LogP contribution in [0, 0.1) is 11.3 Å². The van der Waals surface area contributed by atoms with Crippen molar-refractivity contribution >= 4 is 5.91 Å². The maximum absolute atomic E-state index is 12.0. The smallest absolute Gasteiger partial charge is 0.220 e. The molecule has 2 rings (SSSR count). The lowest BCUT2D eigenvalue weighted by molar-refractivity contribution is -0.119. The van der Waals surface area contributed by atoms with E-state index in [9.17, 15) is 4.79 Å². The first-order chi connectivity index (χ1) is 9.59. The average molecular weight is 273 g/mol. The summed E-state index contributed by atoms with van der Waals surface area (Å²) in [5, 5.41) is 3.23. The Kier molecular flexibility index (Phi) is 4.85. The molecular formula is C18H27NO. The van der Waals surface area contributed by atoms with Crippen molar-refractivity contribution in [3.8, 4) is 0 Å². The van der Waals surface area contributed by atoms with E-state index in [1.807, 2.05) is 6.07 Å². The quantitative estimate of drug-likeness (QED) is 0.835. The van der Waals surface area contributed by atoms with Crippen molar-refractivity contribution in [3.05, 3.63) is 35.9 Å². The molecule has 0 saturated carbocycles. The van der Waals surface area contributed by atoms with Gasteiger partial charge in [-0.3, -0.25) is 4.79 Å². The fourth-order valence-electron chi connectivity index (χ4n) is 3.53. The molecule has 1 amide bonds. The van der Waals surface area contributed by atoms with Gasteiger partial charge in [0.1, 0.15) is 0 Å². The minimum Gasteiger partial charge on any atom is -0.352 e. The highest BCUT2D eigenvalue weighted by atomic mass is 16.2. The molecule has 20 heavy (non-hydrogen) atoms. The van der Waals surface area contributed by atoms with Gasteiger partial charge in [0.2, 0.25) is 5.91 Å². The Balaban J connectivity index is 2.17. The Morgan fingerprint density at radius 2 is 2.00 bits per heavy atom. The number of rotatable bonds is 6. The van der Waals surface area contributed by atoms with Crippen molar-refractivity contribution in [3.63, 3.8) is 0 Å². The van der Waals surface area contributed by atoms with Crippen LogP contribution in [-0.4, -0.2) is 11.9 Å². The summed E-state index contributed by atoms with van der Waals surface area (Å²) in [6.07, 6.45) is 5.07. The molecule has 1 aromatic rings. The van der Waals surface area contributed by atoms with E-state index in [0.717, 1.165) is 19.3 Å². The zero-order valence-corrected chi connectivity index (χ0v) is 13.0. The highest BCUT2D eigenvalue weighted by Gasteiger charge is 2.45. The predicted octanol–water partition coefficient (Wildman–Crippen LogP) is 3.95. The molecule has 1 aliphatic heterocycles. The van der Waals surface area contributed by atoms with Gasteiger partial charge in [-0.1, -0.05) is 57.5 Å². The van der Waals surface area contributed by atoms with Gasteiger partial charge < -0.3 is 5.32 Å². The van der Waals surface area contributed by atoms with Crippen LogP contribution in [0.2, 0.25) is 0 Å². The van der Waals surface area contributed by atoms with E-state index in [-0.39, 0.29) is 17.4 Å². The molecule has 3 unspecified atom stereocenters. The summed E-state index contributed by atoms with van der Waals surface area (Å²) in [7, 11) is 0. The van der Waals surface area contributed by atoms with Crippen molar-refractivity contribution in [2.45, 2.75) is 58.9 Å². The van der Waals surface area contributed by atoms with Gasteiger partial charge in [-0.2, -0.15) is 0 Å². The van der Waals surface area contributed by atoms with E-state index in [2.05, 4.69) is 50.4 Å². The molecular weight excluding hydrogens is 246 g/mol. The maximum atomic E-state index is 12.0. The van der Waals surface area contributed by atoms with Gasteiger partial charge in [-0.25, -0.2) is 0 Å². The monoisotopic (exact) mass is 273 g/mol. The minimum absolute atomic E-state index is 0.141. The Morgan fingerprint density at radius 1 is 1.30 bits per heavy atom. The van der Waals surface area contributed by atoms with Gasteiger partial charge in [-0.05, 0) is 36.2 Å². The van der Waals surface area contributed by atoms with Crippen LogP contribution in [0.3, 0.4) is 0 Å². The van der Waals surface area contributed by atoms with E-state index < -0.39 is 0 Å². The zero-order chi connectivity index (χ0) is 14.6. The van der Waals surface area contributed by atoms with Gasteiger partial charge in [0.15, 0.2) is 0 Å². The largest absolute Gasteiger partial charge is 0.352 e. The summed E-state index contributed by atoms with van der Waals surface area (Å²) >= 11 is 0. The van der Waals surface area contributed by atoms with Crippen LogP contribution < -0.4 is 5.32 Å². The Bertz CT molecular complexity index is 442. The molecule has 1 aromatic carbocycles. The van der Waals surface area contributed by atoms with Crippen molar-refractivity contribution in [1.29, 1.82) is 0 Å². The highest BCUT2D eigenvalue weighted by Crippen LogP contribution is 2.43. The molecule has 1 N–H and O–H groups in total. The fourth-order valence-corrected chi connectivity index (χ4v) is 3.53. The van der Waals surface area contributed by atoms with E-state index in [1.165, 1.54) is 12.0 Å². The molecule has 0 spiro atoms. The molecule has 110 valence electrons. The third-order valence-corrected chi connectivity index (χ3v) is 5.03. The summed E-state index contributed by atoms with van der Waals surface area (Å²) in [4.78, 5) is 12.0. The van der Waals surface area contributed by atoms with Crippen molar-refractivity contribution < 1.29 is 4.79 Å². The summed E-state index contributed by atoms with van der Waals surface area (Å²) < 4.78 is 0. The molecule has 1 saturated heterocycles. The topological polar surface area (TPSA) is 29.1 Å². The van der Waals surface area contributed by atoms with Gasteiger partial charge in [-0.15, -0.1) is 0 Å². The van der Waals surface area contributed by atoms with Crippen LogP contribution in [0.15, 0.2) is 30.3 Å². The summed E-state index contributed by atoms with van der Waals surface area (Å²) in [6.45, 7) is 6.78. The zero-order valence-electron chi connectivity index (χ0n) is 13.0. The van der Waals surface area contributed by atoms with E-state index >= 15 is 0 Å². The molecule has 0 bridgehead atoms. The van der Waals surface area contributed by atoms with Gasteiger partial charge in [0.25, 0.3) is 0 Å². The summed E-state index contributed by atoms with van der Waals surface area (Å²) in [5.74, 6) is 0.914. The number of benzene rings is 1. The lowest BCUT2D eigenvalue weighted by atomic mass is 9.70. The summed E-state index contributed by atoms with van der Waals surface area (Å²) in [6, 6.07) is 10.8. The van der Waals surface area contributed by atoms with E-state index in [0.29, 0.717) is 12.3 Å². The number of amides is 1. The number of hydrogen-bond acceptors (Lipinski definition) is 1. The highest BCUT2D eigenvalue weighted by molar-refractivity contribution is 5.80. The van der Waals surface area contributed by atoms with Gasteiger partial charge in [0.05, 0.1) is 0 Å². The van der Waals surface area contributed by atoms with E-state index in [1.54, 1.807) is 0 Å². The Morgan fingerprint density at radius 3 is 2.60 bits per heavy atom. The van der Waals surface area contributed by atoms with Crippen LogP contribution in [0.25, 0.3) is 0 Å². The maximum Gasteiger partial charge on any atom is 0.220 e. The predicted molar refractivity (Wildman–Crippen MR) is 83.5 cm³/mol. The second kappa shape index (κ2) is 6.43. The van der Waals surface area contributed by atoms with Crippen LogP contribution in [0.1, 0.15) is 52.0 Å². The first-order valence-corrected chi connectivity index (χ1v) is 7.93. The van der Waals surface area contributed by atoms with Gasteiger partial charge >= 0.3 is 0 Å². The first-order valence-electron chi connectivity index (χ1n) is 7.93. The standard InChI is InChI=1S/C18H27NO/c1-4-14(3)12-18(5-2)13-17(20)19-16(18)11-15-9-7-6-8-10-15/h6-10,14,16H,4-5,11-13H2,1-3H3,(H,19,20). The molecule has 0 aromatic heterocycles. The first kappa shape index (κ1) is 15.1. The van der Waals surface area contributed by atoms with Crippen LogP contribution in [0.5, 0.6) is 0 Å². The third-order valence-electron chi connectivity index (χ3n) is 5.03. The molecule has 2 heteroatoms. The second-order valence-corrected chi connectivity index (χ2v) is 6.42. The Hall–Kier alpha value is -1.31. The summed E-state index contributed by atoms with van der Waals surface area (Å²) in [5.41, 5.74) is 1.46. The molecule has 1 fully saturated rings. The number of nitrogens with one attached hydrogen (secondary N) is 1. The van der Waals surface area contributed by atoms with Crippen molar-refractivity contribution in [1.82, 2.24) is 5.32 Å². The molecule has 3 atom stereocenters. The normalized spacial score (nSPS) is 27.4. The second-order valence-electron chi connectivity index (χ2n) is 6.42. The fraction of sp³-hybridized carbons (Fsp3) is 0.611. The Labute approximate surface area is 123 Å². The van der Waals surface area contributed by atoms with E-state index in [4.69, 9.17) is 0 Å². The average Bonchev–Trinajstić information content (AvgIpc) is 2.76. The molecule has 0 aliphatic carbocycles. The lowest BCUT2D eigenvalue weighted by Crippen LogP contribution is -2.39.